The van der Waals surface area contributed by atoms with Crippen LogP contribution in [0.25, 0.3) is 10.9 Å². The molecule has 0 spiro atoms. The number of nitrogens with one attached hydrogen (secondary N) is 1. The molecule has 0 bridgehead atoms. The predicted octanol–water partition coefficient (Wildman–Crippen LogP) is 1.76. The number of ether oxygens (including phenoxy) is 1. The quantitative estimate of drug-likeness (QED) is 0.644. The molecule has 7 nitrogen and oxygen atoms in total. The van der Waals surface area contributed by atoms with Gasteiger partial charge in [-0.05, 0) is 27.7 Å². The van der Waals surface area contributed by atoms with E-state index in [9.17, 15) is 14.7 Å². The number of aromatic nitrogens is 2. The third-order valence-electron chi connectivity index (χ3n) is 3.75. The molecule has 2 heterocycles. The molecule has 0 aromatic carbocycles. The first kappa shape index (κ1) is 19.3. The lowest BCUT2D eigenvalue weighted by Gasteiger charge is -2.11. The average Bonchev–Trinajstić information content (AvgIpc) is 2.86. The van der Waals surface area contributed by atoms with Gasteiger partial charge in [-0.1, -0.05) is 11.8 Å². The molecule has 0 radical (unpaired) electrons. The van der Waals surface area contributed by atoms with Crippen LogP contribution in [0.2, 0.25) is 0 Å². The summed E-state index contributed by atoms with van der Waals surface area (Å²) in [6, 6.07) is 1.87. The first-order chi connectivity index (χ1) is 12.1. The van der Waals surface area contributed by atoms with Gasteiger partial charge in [-0.25, -0.2) is 4.79 Å². The lowest BCUT2D eigenvalue weighted by molar-refractivity contribution is 0.0379. The normalized spacial score (nSPS) is 13.0. The second-order valence-corrected chi connectivity index (χ2v) is 6.65. The van der Waals surface area contributed by atoms with Crippen molar-refractivity contribution in [2.75, 3.05) is 0 Å². The largest absolute Gasteiger partial charge is 0.459 e. The zero-order valence-corrected chi connectivity index (χ0v) is 15.4. The number of H-pyrrole nitrogens is 1. The molecule has 0 fully saturated rings. The van der Waals surface area contributed by atoms with Gasteiger partial charge < -0.3 is 19.4 Å². The van der Waals surface area contributed by atoms with Crippen LogP contribution >= 0.6 is 0 Å². The Labute approximate surface area is 151 Å². The number of rotatable bonds is 3. The molecule has 0 aliphatic carbocycles. The second-order valence-electron chi connectivity index (χ2n) is 6.65. The average molecular weight is 355 g/mol. The number of aryl methyl sites for hydroxylation is 2. The maximum atomic E-state index is 12.5. The van der Waals surface area contributed by atoms with E-state index in [1.165, 1.54) is 17.7 Å². The Kier molecular flexibility index (Phi) is 5.25. The number of aromatic amines is 1. The molecule has 1 unspecified atom stereocenters. The van der Waals surface area contributed by atoms with Gasteiger partial charge in [0, 0.05) is 24.3 Å². The zero-order chi connectivity index (χ0) is 19.6. The molecule has 2 rings (SSSR count). The van der Waals surface area contributed by atoms with E-state index < -0.39 is 11.6 Å². The topological polar surface area (TPSA) is 108 Å². The van der Waals surface area contributed by atoms with E-state index in [2.05, 4.69) is 16.8 Å². The number of nitriles is 1. The molecule has 1 atom stereocenters. The van der Waals surface area contributed by atoms with Gasteiger partial charge >= 0.3 is 5.97 Å². The summed E-state index contributed by atoms with van der Waals surface area (Å²) in [7, 11) is 1.57. The summed E-state index contributed by atoms with van der Waals surface area (Å²) in [5, 5.41) is 19.2. The molecule has 0 aliphatic rings. The second kappa shape index (κ2) is 7.07. The highest BCUT2D eigenvalue weighted by Crippen LogP contribution is 2.24. The smallest absolute Gasteiger partial charge is 0.340 e. The summed E-state index contributed by atoms with van der Waals surface area (Å²) >= 11 is 0. The van der Waals surface area contributed by atoms with Gasteiger partial charge in [0.25, 0.3) is 5.56 Å². The van der Waals surface area contributed by atoms with Crippen molar-refractivity contribution in [2.45, 2.75) is 45.8 Å². The Morgan fingerprint density at radius 1 is 1.50 bits per heavy atom. The summed E-state index contributed by atoms with van der Waals surface area (Å²) in [6.07, 6.45) is 1.02. The first-order valence-electron chi connectivity index (χ1n) is 8.12. The number of pyridine rings is 1. The third-order valence-corrected chi connectivity index (χ3v) is 3.75. The number of nitrogens with zero attached hydrogens (tertiary/aromatic N) is 2. The van der Waals surface area contributed by atoms with E-state index in [4.69, 9.17) is 10.00 Å². The number of fused-ring (bicyclic) bond motifs is 1. The SMILES string of the molecule is Cc1[nH]c2c(=O)n(C)cc(C#CC(C)(O)CC#N)c2c1C(=O)OC(C)C. The van der Waals surface area contributed by atoms with Crippen molar-refractivity contribution in [1.82, 2.24) is 9.55 Å². The van der Waals surface area contributed by atoms with Crippen molar-refractivity contribution in [2.24, 2.45) is 7.05 Å². The van der Waals surface area contributed by atoms with Crippen LogP contribution in [0.15, 0.2) is 11.0 Å². The molecular weight excluding hydrogens is 334 g/mol. The molecule has 136 valence electrons. The van der Waals surface area contributed by atoms with Gasteiger partial charge in [0.2, 0.25) is 0 Å². The Bertz CT molecular complexity index is 1020. The van der Waals surface area contributed by atoms with Crippen molar-refractivity contribution in [3.63, 3.8) is 0 Å². The van der Waals surface area contributed by atoms with Crippen LogP contribution in [0.1, 0.15) is 48.8 Å². The highest BCUT2D eigenvalue weighted by molar-refractivity contribution is 6.07. The number of hydrogen-bond acceptors (Lipinski definition) is 5. The minimum Gasteiger partial charge on any atom is -0.459 e. The Hall–Kier alpha value is -3.03. The van der Waals surface area contributed by atoms with Crippen LogP contribution in [0.5, 0.6) is 0 Å². The molecule has 0 aliphatic heterocycles. The van der Waals surface area contributed by atoms with Crippen molar-refractivity contribution in [1.29, 1.82) is 5.26 Å². The molecule has 2 aromatic rings. The van der Waals surface area contributed by atoms with Crippen LogP contribution < -0.4 is 5.56 Å². The Morgan fingerprint density at radius 3 is 2.73 bits per heavy atom. The van der Waals surface area contributed by atoms with Gasteiger partial charge in [-0.15, -0.1) is 0 Å². The maximum absolute atomic E-state index is 12.5. The van der Waals surface area contributed by atoms with E-state index in [1.54, 1.807) is 27.8 Å². The third kappa shape index (κ3) is 3.79. The van der Waals surface area contributed by atoms with E-state index in [-0.39, 0.29) is 29.2 Å². The summed E-state index contributed by atoms with van der Waals surface area (Å²) < 4.78 is 6.63. The minimum atomic E-state index is -1.50. The van der Waals surface area contributed by atoms with Crippen LogP contribution in [0, 0.1) is 30.1 Å². The fourth-order valence-electron chi connectivity index (χ4n) is 2.57. The van der Waals surface area contributed by atoms with Crippen molar-refractivity contribution < 1.29 is 14.6 Å². The monoisotopic (exact) mass is 355 g/mol. The molecule has 0 saturated carbocycles. The van der Waals surface area contributed by atoms with Crippen molar-refractivity contribution in [3.8, 4) is 17.9 Å². The molecule has 26 heavy (non-hydrogen) atoms. The summed E-state index contributed by atoms with van der Waals surface area (Å²) in [6.45, 7) is 6.58. The van der Waals surface area contributed by atoms with Crippen molar-refractivity contribution in [3.05, 3.63) is 33.4 Å². The standard InChI is InChI=1S/C19H21N3O4/c1-11(2)26-18(24)14-12(3)21-16-15(14)13(10-22(5)17(16)23)6-7-19(4,25)8-9-20/h10-11,21,25H,8H2,1-5H3. The zero-order valence-electron chi connectivity index (χ0n) is 15.4. The fraction of sp³-hybridized carbons (Fsp3) is 0.421. The Morgan fingerprint density at radius 2 is 2.15 bits per heavy atom. The van der Waals surface area contributed by atoms with Gasteiger partial charge in [0.05, 0.1) is 29.7 Å². The van der Waals surface area contributed by atoms with E-state index >= 15 is 0 Å². The molecule has 0 saturated heterocycles. The van der Waals surface area contributed by atoms with Gasteiger partial charge in [-0.3, -0.25) is 4.79 Å². The van der Waals surface area contributed by atoms with E-state index in [0.29, 0.717) is 16.6 Å². The van der Waals surface area contributed by atoms with E-state index in [1.807, 2.05) is 6.07 Å². The molecule has 2 aromatic heterocycles. The number of aliphatic hydroxyl groups is 1. The van der Waals surface area contributed by atoms with Gasteiger partial charge in [-0.2, -0.15) is 5.26 Å². The highest BCUT2D eigenvalue weighted by Gasteiger charge is 2.23. The minimum absolute atomic E-state index is 0.163. The number of esters is 1. The lowest BCUT2D eigenvalue weighted by atomic mass is 10.0. The van der Waals surface area contributed by atoms with E-state index in [0.717, 1.165) is 0 Å². The summed E-state index contributed by atoms with van der Waals surface area (Å²) in [5.41, 5.74) is -0.426. The highest BCUT2D eigenvalue weighted by atomic mass is 16.5. The van der Waals surface area contributed by atoms with Gasteiger partial charge in [0.15, 0.2) is 0 Å². The maximum Gasteiger partial charge on any atom is 0.340 e. The number of hydrogen-bond donors (Lipinski definition) is 2. The van der Waals surface area contributed by atoms with Crippen molar-refractivity contribution >= 4 is 16.9 Å². The summed E-state index contributed by atoms with van der Waals surface area (Å²) in [5.74, 6) is 4.89. The van der Waals surface area contributed by atoms with Crippen LogP contribution in [0.3, 0.4) is 0 Å². The first-order valence-corrected chi connectivity index (χ1v) is 8.12. The number of carbonyl (C=O) groups excluding carboxylic acids is 1. The van der Waals surface area contributed by atoms with Crippen LogP contribution in [-0.4, -0.2) is 32.3 Å². The van der Waals surface area contributed by atoms with Gasteiger partial charge in [0.1, 0.15) is 11.1 Å². The molecule has 7 heteroatoms. The molecular formula is C19H21N3O4. The fourth-order valence-corrected chi connectivity index (χ4v) is 2.57. The lowest BCUT2D eigenvalue weighted by Crippen LogP contribution is -2.21. The van der Waals surface area contributed by atoms with Crippen LogP contribution in [-0.2, 0) is 11.8 Å². The predicted molar refractivity (Wildman–Crippen MR) is 96.6 cm³/mol. The Balaban J connectivity index is 2.77. The molecule has 0 amide bonds. The summed E-state index contributed by atoms with van der Waals surface area (Å²) in [4.78, 5) is 27.9. The van der Waals surface area contributed by atoms with Crippen LogP contribution in [0.4, 0.5) is 0 Å². The molecule has 2 N–H and O–H groups in total. The number of carbonyl (C=O) groups is 1.